The lowest BCUT2D eigenvalue weighted by Crippen LogP contribution is -2.44. The third kappa shape index (κ3) is 4.80. The lowest BCUT2D eigenvalue weighted by atomic mass is 9.95. The van der Waals surface area contributed by atoms with E-state index in [9.17, 15) is 13.2 Å². The molecule has 2 rings (SSSR count). The predicted octanol–water partition coefficient (Wildman–Crippen LogP) is 3.06. The molecule has 5 heteroatoms. The van der Waals surface area contributed by atoms with E-state index in [-0.39, 0.29) is 17.7 Å². The third-order valence-electron chi connectivity index (χ3n) is 4.72. The van der Waals surface area contributed by atoms with Gasteiger partial charge in [0.05, 0.1) is 5.75 Å². The molecule has 4 nitrogen and oxygen atoms in total. The largest absolute Gasteiger partial charge is 0.352 e. The molecule has 23 heavy (non-hydrogen) atoms. The van der Waals surface area contributed by atoms with Crippen LogP contribution in [0.25, 0.3) is 0 Å². The molecule has 0 unspecified atom stereocenters. The van der Waals surface area contributed by atoms with E-state index < -0.39 is 15.1 Å². The summed E-state index contributed by atoms with van der Waals surface area (Å²) in [6, 6.07) is 5.91. The fraction of sp³-hybridized carbons (Fsp3) is 0.611. The molecule has 128 valence electrons. The summed E-state index contributed by atoms with van der Waals surface area (Å²) in [6.45, 7) is 5.34. The van der Waals surface area contributed by atoms with E-state index in [1.165, 1.54) is 13.3 Å². The highest BCUT2D eigenvalue weighted by Crippen LogP contribution is 2.20. The fourth-order valence-electron chi connectivity index (χ4n) is 3.03. The van der Waals surface area contributed by atoms with Crippen molar-refractivity contribution in [1.29, 1.82) is 0 Å². The molecule has 0 aliphatic heterocycles. The average molecular weight is 337 g/mol. The second-order valence-corrected chi connectivity index (χ2v) is 9.04. The van der Waals surface area contributed by atoms with Crippen molar-refractivity contribution in [2.45, 2.75) is 69.9 Å². The molecule has 0 heterocycles. The number of sulfone groups is 1. The number of nitrogens with one attached hydrogen (secondary N) is 1. The standard InChI is InChI=1S/C18H27NO3S/c1-13-9-10-14(2)16(11-13)12-23(21,22)15(3)18(20)19-17-7-5-4-6-8-17/h9-11,15,17H,4-8,12H2,1-3H3,(H,19,20)/t15-/m1/s1. The first-order valence-corrected chi connectivity index (χ1v) is 10.1. The molecule has 1 aromatic carbocycles. The maximum atomic E-state index is 12.6. The number of benzene rings is 1. The quantitative estimate of drug-likeness (QED) is 0.898. The summed E-state index contributed by atoms with van der Waals surface area (Å²) in [5.41, 5.74) is 2.75. The summed E-state index contributed by atoms with van der Waals surface area (Å²) in [5.74, 6) is -0.443. The van der Waals surface area contributed by atoms with Crippen molar-refractivity contribution in [2.75, 3.05) is 0 Å². The number of hydrogen-bond acceptors (Lipinski definition) is 3. The summed E-state index contributed by atoms with van der Waals surface area (Å²) in [6.07, 6.45) is 5.32. The van der Waals surface area contributed by atoms with Crippen LogP contribution in [-0.4, -0.2) is 25.6 Å². The number of rotatable bonds is 5. The lowest BCUT2D eigenvalue weighted by Gasteiger charge is -2.24. The number of hydrogen-bond donors (Lipinski definition) is 1. The molecule has 1 aliphatic carbocycles. The Hall–Kier alpha value is -1.36. The van der Waals surface area contributed by atoms with Crippen molar-refractivity contribution in [3.8, 4) is 0 Å². The van der Waals surface area contributed by atoms with Crippen LogP contribution in [0.5, 0.6) is 0 Å². The summed E-state index contributed by atoms with van der Waals surface area (Å²) in [4.78, 5) is 12.3. The van der Waals surface area contributed by atoms with Crippen LogP contribution < -0.4 is 5.32 Å². The van der Waals surface area contributed by atoms with Gasteiger partial charge in [0.25, 0.3) is 0 Å². The summed E-state index contributed by atoms with van der Waals surface area (Å²) >= 11 is 0. The van der Waals surface area contributed by atoms with Crippen molar-refractivity contribution in [3.63, 3.8) is 0 Å². The molecule has 0 aromatic heterocycles. The highest BCUT2D eigenvalue weighted by molar-refractivity contribution is 7.92. The molecule has 1 aliphatic rings. The Morgan fingerprint density at radius 2 is 1.87 bits per heavy atom. The molecule has 1 amide bonds. The Bertz CT molecular complexity index is 661. The maximum absolute atomic E-state index is 12.6. The SMILES string of the molecule is Cc1ccc(C)c(CS(=O)(=O)[C@H](C)C(=O)NC2CCCCC2)c1. The van der Waals surface area contributed by atoms with Crippen LogP contribution >= 0.6 is 0 Å². The van der Waals surface area contributed by atoms with Gasteiger partial charge in [-0.25, -0.2) is 8.42 Å². The minimum Gasteiger partial charge on any atom is -0.352 e. The van der Waals surface area contributed by atoms with Gasteiger partial charge in [-0.15, -0.1) is 0 Å². The first-order valence-electron chi connectivity index (χ1n) is 8.37. The Kier molecular flexibility index (Phi) is 5.84. The smallest absolute Gasteiger partial charge is 0.238 e. The second-order valence-electron chi connectivity index (χ2n) is 6.72. The summed E-state index contributed by atoms with van der Waals surface area (Å²) in [7, 11) is -3.51. The molecule has 1 aromatic rings. The Balaban J connectivity index is 2.05. The zero-order chi connectivity index (χ0) is 17.0. The Morgan fingerprint density at radius 3 is 2.52 bits per heavy atom. The summed E-state index contributed by atoms with van der Waals surface area (Å²) in [5, 5.41) is 1.91. The van der Waals surface area contributed by atoms with Gasteiger partial charge in [0.1, 0.15) is 5.25 Å². The third-order valence-corrected chi connectivity index (χ3v) is 6.73. The summed E-state index contributed by atoms with van der Waals surface area (Å²) < 4.78 is 25.2. The van der Waals surface area contributed by atoms with Crippen LogP contribution in [0.4, 0.5) is 0 Å². The average Bonchev–Trinajstić information content (AvgIpc) is 2.51. The Morgan fingerprint density at radius 1 is 1.22 bits per heavy atom. The zero-order valence-electron chi connectivity index (χ0n) is 14.3. The number of amides is 1. The maximum Gasteiger partial charge on any atom is 0.238 e. The number of aryl methyl sites for hydroxylation is 2. The van der Waals surface area contributed by atoms with E-state index >= 15 is 0 Å². The van der Waals surface area contributed by atoms with Gasteiger partial charge in [0, 0.05) is 6.04 Å². The molecule has 0 spiro atoms. The van der Waals surface area contributed by atoms with Crippen LogP contribution in [0.15, 0.2) is 18.2 Å². The molecular formula is C18H27NO3S. The van der Waals surface area contributed by atoms with Crippen LogP contribution in [0.1, 0.15) is 55.7 Å². The van der Waals surface area contributed by atoms with Crippen molar-refractivity contribution in [2.24, 2.45) is 0 Å². The highest BCUT2D eigenvalue weighted by atomic mass is 32.2. The number of carbonyl (C=O) groups is 1. The molecular weight excluding hydrogens is 310 g/mol. The van der Waals surface area contributed by atoms with Crippen molar-refractivity contribution in [3.05, 3.63) is 34.9 Å². The van der Waals surface area contributed by atoms with E-state index in [0.29, 0.717) is 0 Å². The van der Waals surface area contributed by atoms with Crippen molar-refractivity contribution in [1.82, 2.24) is 5.32 Å². The van der Waals surface area contributed by atoms with Gasteiger partial charge in [-0.3, -0.25) is 4.79 Å². The van der Waals surface area contributed by atoms with Gasteiger partial charge in [-0.1, -0.05) is 43.0 Å². The topological polar surface area (TPSA) is 63.2 Å². The van der Waals surface area contributed by atoms with Crippen LogP contribution in [0.3, 0.4) is 0 Å². The van der Waals surface area contributed by atoms with Gasteiger partial charge < -0.3 is 5.32 Å². The van der Waals surface area contributed by atoms with Crippen molar-refractivity contribution >= 4 is 15.7 Å². The van der Waals surface area contributed by atoms with E-state index in [4.69, 9.17) is 0 Å². The van der Waals surface area contributed by atoms with E-state index in [1.54, 1.807) is 0 Å². The van der Waals surface area contributed by atoms with Crippen molar-refractivity contribution < 1.29 is 13.2 Å². The lowest BCUT2D eigenvalue weighted by molar-refractivity contribution is -0.121. The molecule has 0 saturated heterocycles. The molecule has 0 radical (unpaired) electrons. The minimum absolute atomic E-state index is 0.0836. The normalized spacial score (nSPS) is 17.7. The fourth-order valence-corrected chi connectivity index (χ4v) is 4.41. The predicted molar refractivity (Wildman–Crippen MR) is 93.0 cm³/mol. The monoisotopic (exact) mass is 337 g/mol. The van der Waals surface area contributed by atoms with Gasteiger partial charge in [0.15, 0.2) is 9.84 Å². The molecule has 1 fully saturated rings. The zero-order valence-corrected chi connectivity index (χ0v) is 15.1. The van der Waals surface area contributed by atoms with Gasteiger partial charge in [0.2, 0.25) is 5.91 Å². The molecule has 1 atom stereocenters. The Labute approximate surface area is 139 Å². The minimum atomic E-state index is -3.51. The van der Waals surface area contributed by atoms with E-state index in [2.05, 4.69) is 5.32 Å². The van der Waals surface area contributed by atoms with Crippen LogP contribution in [-0.2, 0) is 20.4 Å². The first-order chi connectivity index (χ1) is 10.8. The molecule has 1 saturated carbocycles. The van der Waals surface area contributed by atoms with E-state index in [1.807, 2.05) is 32.0 Å². The van der Waals surface area contributed by atoms with Crippen LogP contribution in [0.2, 0.25) is 0 Å². The first kappa shape index (κ1) is 18.0. The number of carbonyl (C=O) groups excluding carboxylic acids is 1. The second kappa shape index (κ2) is 7.47. The van der Waals surface area contributed by atoms with Crippen LogP contribution in [0, 0.1) is 13.8 Å². The molecule has 1 N–H and O–H groups in total. The van der Waals surface area contributed by atoms with Gasteiger partial charge in [-0.05, 0) is 44.7 Å². The van der Waals surface area contributed by atoms with Gasteiger partial charge in [-0.2, -0.15) is 0 Å². The van der Waals surface area contributed by atoms with Gasteiger partial charge >= 0.3 is 0 Å². The molecule has 0 bridgehead atoms. The van der Waals surface area contributed by atoms with E-state index in [0.717, 1.165) is 42.4 Å². The highest BCUT2D eigenvalue weighted by Gasteiger charge is 2.30.